The van der Waals surface area contributed by atoms with E-state index in [-0.39, 0.29) is 29.5 Å². The van der Waals surface area contributed by atoms with Crippen molar-refractivity contribution in [2.75, 3.05) is 17.4 Å². The molecule has 3 aromatic rings. The Labute approximate surface area is 221 Å². The summed E-state index contributed by atoms with van der Waals surface area (Å²) in [5, 5.41) is 3.24. The van der Waals surface area contributed by atoms with Crippen molar-refractivity contribution >= 4 is 39.1 Å². The molecule has 10 heteroatoms. The molecule has 37 heavy (non-hydrogen) atoms. The number of sulfonamides is 1. The van der Waals surface area contributed by atoms with Gasteiger partial charge in [0, 0.05) is 18.1 Å². The molecule has 7 nitrogen and oxygen atoms in total. The molecule has 2 amide bonds. The molecule has 0 aliphatic rings. The van der Waals surface area contributed by atoms with Crippen LogP contribution in [0, 0.1) is 5.82 Å². The normalized spacial score (nSPS) is 12.0. The summed E-state index contributed by atoms with van der Waals surface area (Å²) in [5.74, 6) is -1.82. The highest BCUT2D eigenvalue weighted by Crippen LogP contribution is 2.27. The smallest absolute Gasteiger partial charge is 0.264 e. The number of rotatable bonds is 11. The van der Waals surface area contributed by atoms with E-state index < -0.39 is 34.3 Å². The van der Waals surface area contributed by atoms with Gasteiger partial charge < -0.3 is 10.2 Å². The molecule has 0 fully saturated rings. The van der Waals surface area contributed by atoms with Gasteiger partial charge in [-0.2, -0.15) is 0 Å². The number of nitrogens with zero attached hydrogens (tertiary/aromatic N) is 2. The summed E-state index contributed by atoms with van der Waals surface area (Å²) < 4.78 is 42.8. The molecule has 0 heterocycles. The van der Waals surface area contributed by atoms with Crippen molar-refractivity contribution in [3.63, 3.8) is 0 Å². The monoisotopic (exact) mass is 545 g/mol. The van der Waals surface area contributed by atoms with Gasteiger partial charge in [0.15, 0.2) is 0 Å². The van der Waals surface area contributed by atoms with E-state index in [1.54, 1.807) is 56.3 Å². The topological polar surface area (TPSA) is 86.8 Å². The maximum Gasteiger partial charge on any atom is 0.264 e. The number of carbonyl (C=O) groups excluding carboxylic acids is 2. The first-order chi connectivity index (χ1) is 17.7. The zero-order valence-corrected chi connectivity index (χ0v) is 22.2. The van der Waals surface area contributed by atoms with Crippen LogP contribution in [-0.4, -0.2) is 44.3 Å². The van der Waals surface area contributed by atoms with Gasteiger partial charge in [-0.1, -0.05) is 61.0 Å². The number of anilines is 1. The molecule has 0 radical (unpaired) electrons. The predicted octanol–water partition coefficient (Wildman–Crippen LogP) is 4.62. The number of hydrogen-bond acceptors (Lipinski definition) is 4. The minimum Gasteiger partial charge on any atom is -0.355 e. The Hall–Kier alpha value is -3.43. The second-order valence-electron chi connectivity index (χ2n) is 8.24. The minimum atomic E-state index is -4.32. The standard InChI is InChI=1S/C27H29ClFN3O4S/c1-3-24(27(34)30-4-2)31(18-20-14-16-21(28)17-15-20)26(33)19-32(25-13-9-8-12-23(25)29)37(35,36)22-10-6-5-7-11-22/h5-17,24H,3-4,18-19H2,1-2H3,(H,30,34)/t24-/m0/s1. The maximum absolute atomic E-state index is 14.9. The highest BCUT2D eigenvalue weighted by Gasteiger charge is 2.34. The minimum absolute atomic E-state index is 0.0299. The van der Waals surface area contributed by atoms with Crippen LogP contribution in [0.2, 0.25) is 5.02 Å². The molecule has 196 valence electrons. The molecular formula is C27H29ClFN3O4S. The SMILES string of the molecule is CCNC(=O)[C@H](CC)N(Cc1ccc(Cl)cc1)C(=O)CN(c1ccccc1F)S(=O)(=O)c1ccccc1. The van der Waals surface area contributed by atoms with Crippen molar-refractivity contribution in [2.45, 2.75) is 37.8 Å². The summed E-state index contributed by atoms with van der Waals surface area (Å²) in [5.41, 5.74) is 0.432. The Balaban J connectivity index is 2.05. The number of halogens is 2. The van der Waals surface area contributed by atoms with Crippen molar-refractivity contribution in [1.29, 1.82) is 0 Å². The van der Waals surface area contributed by atoms with Crippen molar-refractivity contribution in [3.05, 3.63) is 95.3 Å². The van der Waals surface area contributed by atoms with Crippen LogP contribution in [-0.2, 0) is 26.2 Å². The fraction of sp³-hybridized carbons (Fsp3) is 0.259. The average molecular weight is 546 g/mol. The number of para-hydroxylation sites is 1. The number of carbonyl (C=O) groups is 2. The summed E-state index contributed by atoms with van der Waals surface area (Å²) in [6.45, 7) is 3.21. The molecule has 1 atom stereocenters. The molecule has 0 aliphatic heterocycles. The number of nitrogens with one attached hydrogen (secondary N) is 1. The lowest BCUT2D eigenvalue weighted by Gasteiger charge is -2.33. The molecule has 0 saturated carbocycles. The zero-order chi connectivity index (χ0) is 27.0. The number of likely N-dealkylation sites (N-methyl/N-ethyl adjacent to an activating group) is 1. The number of amides is 2. The quantitative estimate of drug-likeness (QED) is 0.381. The third kappa shape index (κ3) is 6.87. The molecule has 0 bridgehead atoms. The van der Waals surface area contributed by atoms with E-state index in [2.05, 4.69) is 5.32 Å². The predicted molar refractivity (Wildman–Crippen MR) is 142 cm³/mol. The van der Waals surface area contributed by atoms with E-state index >= 15 is 0 Å². The van der Waals surface area contributed by atoms with Gasteiger partial charge in [-0.3, -0.25) is 13.9 Å². The lowest BCUT2D eigenvalue weighted by Crippen LogP contribution is -2.52. The third-order valence-corrected chi connectivity index (χ3v) is 7.76. The largest absolute Gasteiger partial charge is 0.355 e. The number of benzene rings is 3. The maximum atomic E-state index is 14.9. The molecule has 1 N–H and O–H groups in total. The summed E-state index contributed by atoms with van der Waals surface area (Å²) in [4.78, 5) is 27.9. The van der Waals surface area contributed by atoms with Gasteiger partial charge in [-0.15, -0.1) is 0 Å². The van der Waals surface area contributed by atoms with Crippen LogP contribution >= 0.6 is 11.6 Å². The highest BCUT2D eigenvalue weighted by molar-refractivity contribution is 7.92. The molecule has 0 aromatic heterocycles. The van der Waals surface area contributed by atoms with Gasteiger partial charge in [0.05, 0.1) is 10.6 Å². The summed E-state index contributed by atoms with van der Waals surface area (Å²) in [6, 6.07) is 18.8. The molecule has 3 rings (SSSR count). The van der Waals surface area contributed by atoms with Gasteiger partial charge in [0.2, 0.25) is 11.8 Å². The van der Waals surface area contributed by atoms with Crippen LogP contribution < -0.4 is 9.62 Å². The van der Waals surface area contributed by atoms with Crippen LogP contribution in [0.15, 0.2) is 83.8 Å². The van der Waals surface area contributed by atoms with Crippen LogP contribution in [0.5, 0.6) is 0 Å². The van der Waals surface area contributed by atoms with Crippen molar-refractivity contribution < 1.29 is 22.4 Å². The first kappa shape index (κ1) is 28.1. The molecular weight excluding hydrogens is 517 g/mol. The van der Waals surface area contributed by atoms with E-state index in [1.165, 1.54) is 35.2 Å². The zero-order valence-electron chi connectivity index (χ0n) is 20.6. The van der Waals surface area contributed by atoms with Gasteiger partial charge in [-0.05, 0) is 55.3 Å². The van der Waals surface area contributed by atoms with E-state index in [1.807, 2.05) is 0 Å². The second-order valence-corrected chi connectivity index (χ2v) is 10.5. The highest BCUT2D eigenvalue weighted by atomic mass is 35.5. The van der Waals surface area contributed by atoms with E-state index in [9.17, 15) is 22.4 Å². The second kappa shape index (κ2) is 12.7. The van der Waals surface area contributed by atoms with E-state index in [4.69, 9.17) is 11.6 Å². The fourth-order valence-corrected chi connectivity index (χ4v) is 5.45. The molecule has 0 unspecified atom stereocenters. The van der Waals surface area contributed by atoms with Crippen LogP contribution in [0.25, 0.3) is 0 Å². The van der Waals surface area contributed by atoms with Crippen LogP contribution in [0.1, 0.15) is 25.8 Å². The lowest BCUT2D eigenvalue weighted by molar-refractivity contribution is -0.140. The first-order valence-corrected chi connectivity index (χ1v) is 13.6. The molecule has 0 spiro atoms. The van der Waals surface area contributed by atoms with Crippen LogP contribution in [0.4, 0.5) is 10.1 Å². The molecule has 3 aromatic carbocycles. The third-order valence-electron chi connectivity index (χ3n) is 5.73. The van der Waals surface area contributed by atoms with Crippen molar-refractivity contribution in [3.8, 4) is 0 Å². The molecule has 0 aliphatic carbocycles. The van der Waals surface area contributed by atoms with Crippen molar-refractivity contribution in [2.24, 2.45) is 0 Å². The van der Waals surface area contributed by atoms with Gasteiger partial charge >= 0.3 is 0 Å². The Kier molecular flexibility index (Phi) is 9.66. The Bertz CT molecular complexity index is 1320. The summed E-state index contributed by atoms with van der Waals surface area (Å²) >= 11 is 6.00. The summed E-state index contributed by atoms with van der Waals surface area (Å²) in [7, 11) is -4.32. The Morgan fingerprint density at radius 2 is 1.57 bits per heavy atom. The Morgan fingerprint density at radius 1 is 0.946 bits per heavy atom. The lowest BCUT2D eigenvalue weighted by atomic mass is 10.1. The fourth-order valence-electron chi connectivity index (χ4n) is 3.89. The van der Waals surface area contributed by atoms with E-state index in [0.717, 1.165) is 10.4 Å². The van der Waals surface area contributed by atoms with Gasteiger partial charge in [0.25, 0.3) is 10.0 Å². The van der Waals surface area contributed by atoms with Crippen LogP contribution in [0.3, 0.4) is 0 Å². The first-order valence-electron chi connectivity index (χ1n) is 11.8. The average Bonchev–Trinajstić information content (AvgIpc) is 2.89. The van der Waals surface area contributed by atoms with E-state index in [0.29, 0.717) is 17.1 Å². The molecule has 0 saturated heterocycles. The van der Waals surface area contributed by atoms with Crippen molar-refractivity contribution in [1.82, 2.24) is 10.2 Å². The summed E-state index contributed by atoms with van der Waals surface area (Å²) in [6.07, 6.45) is 0.288. The van der Waals surface area contributed by atoms with Gasteiger partial charge in [0.1, 0.15) is 18.4 Å². The van der Waals surface area contributed by atoms with Gasteiger partial charge in [-0.25, -0.2) is 12.8 Å². The number of hydrogen-bond donors (Lipinski definition) is 1. The Morgan fingerprint density at radius 3 is 2.16 bits per heavy atom.